The van der Waals surface area contributed by atoms with Gasteiger partial charge in [-0.15, -0.1) is 4.91 Å². The molecule has 10 nitrogen and oxygen atoms in total. The molecule has 2 N–H and O–H groups in total. The summed E-state index contributed by atoms with van der Waals surface area (Å²) in [6.45, 7) is 0.878. The van der Waals surface area contributed by atoms with E-state index < -0.39 is 27.5 Å². The first kappa shape index (κ1) is 29.7. The van der Waals surface area contributed by atoms with Gasteiger partial charge in [-0.05, 0) is 47.5 Å². The lowest BCUT2D eigenvalue weighted by molar-refractivity contribution is -0.0950. The number of nitroso groups, excluding NO2 is 1. The van der Waals surface area contributed by atoms with Crippen LogP contribution in [0.3, 0.4) is 0 Å². The molecule has 12 heteroatoms. The lowest BCUT2D eigenvalue weighted by Gasteiger charge is -2.36. The minimum absolute atomic E-state index is 0.0151. The highest BCUT2D eigenvalue weighted by molar-refractivity contribution is 7.89. The normalized spacial score (nSPS) is 15.8. The Labute approximate surface area is 242 Å². The van der Waals surface area contributed by atoms with Crippen LogP contribution in [-0.2, 0) is 36.4 Å². The third kappa shape index (κ3) is 6.48. The number of ether oxygens (including phenoxy) is 3. The molecule has 1 aliphatic rings. The molecule has 42 heavy (non-hydrogen) atoms. The largest absolute Gasteiger partial charge is 0.437 e. The molecule has 1 unspecified atom stereocenters. The van der Waals surface area contributed by atoms with Crippen LogP contribution in [0.25, 0.3) is 22.6 Å². The number of rotatable bonds is 11. The molecule has 5 rings (SSSR count). The predicted molar refractivity (Wildman–Crippen MR) is 152 cm³/mol. The van der Waals surface area contributed by atoms with Crippen LogP contribution in [0.5, 0.6) is 0 Å². The first-order valence-electron chi connectivity index (χ1n) is 13.2. The molecular weight excluding hydrogens is 565 g/mol. The van der Waals surface area contributed by atoms with Gasteiger partial charge in [-0.3, -0.25) is 0 Å². The summed E-state index contributed by atoms with van der Waals surface area (Å²) >= 11 is 0. The van der Waals surface area contributed by atoms with E-state index in [1.807, 2.05) is 36.4 Å². The molecule has 3 aromatic carbocycles. The summed E-state index contributed by atoms with van der Waals surface area (Å²) < 4.78 is 61.1. The van der Waals surface area contributed by atoms with Crippen molar-refractivity contribution in [3.05, 3.63) is 101 Å². The van der Waals surface area contributed by atoms with Crippen molar-refractivity contribution < 1.29 is 31.4 Å². The van der Waals surface area contributed by atoms with Crippen molar-refractivity contribution >= 4 is 10.0 Å². The Morgan fingerprint density at radius 2 is 1.76 bits per heavy atom. The SMILES string of the molecule is COC1(c2cc(F)cc(COCC(N=O)c3nc(-c4ccccc4)c(-c4ccc(S(N)(=O)=O)cc4)o3)c2)CCOCC1. The van der Waals surface area contributed by atoms with Gasteiger partial charge in [0.05, 0.1) is 23.7 Å². The molecule has 1 saturated heterocycles. The predicted octanol–water partition coefficient (Wildman–Crippen LogP) is 5.47. The Hall–Kier alpha value is -3.81. The molecule has 1 atom stereocenters. The maximum atomic E-state index is 14.6. The average Bonchev–Trinajstić information content (AvgIpc) is 3.45. The van der Waals surface area contributed by atoms with E-state index in [1.54, 1.807) is 19.2 Å². The number of hydrogen-bond donors (Lipinski definition) is 1. The molecule has 0 saturated carbocycles. The second-order valence-corrected chi connectivity index (χ2v) is 11.5. The zero-order valence-electron chi connectivity index (χ0n) is 22.9. The number of nitrogens with two attached hydrogens (primary N) is 1. The molecule has 0 aliphatic carbocycles. The number of oxazole rings is 1. The van der Waals surface area contributed by atoms with E-state index in [2.05, 4.69) is 10.2 Å². The first-order chi connectivity index (χ1) is 20.2. The highest BCUT2D eigenvalue weighted by atomic mass is 32.2. The Balaban J connectivity index is 1.37. The number of benzene rings is 3. The number of halogens is 1. The van der Waals surface area contributed by atoms with Gasteiger partial charge in [-0.1, -0.05) is 41.6 Å². The molecule has 1 fully saturated rings. The maximum absolute atomic E-state index is 14.6. The van der Waals surface area contributed by atoms with Crippen molar-refractivity contribution in [3.8, 4) is 22.6 Å². The second-order valence-electron chi connectivity index (χ2n) is 9.96. The van der Waals surface area contributed by atoms with Crippen molar-refractivity contribution in [3.63, 3.8) is 0 Å². The first-order valence-corrected chi connectivity index (χ1v) is 14.8. The standard InChI is InChI=1S/C30H30FN3O7S/c1-38-30(11-13-39-14-12-30)23-15-20(16-24(31)17-23)18-40-19-26(34-35)29-33-27(21-5-3-2-4-6-21)28(41-29)22-7-9-25(10-8-22)42(32,36)37/h2-10,15-17,26H,11-14,18-19H2,1H3,(H2,32,36,37). The van der Waals surface area contributed by atoms with Crippen molar-refractivity contribution in [1.29, 1.82) is 0 Å². The second kappa shape index (κ2) is 12.6. The van der Waals surface area contributed by atoms with Crippen LogP contribution < -0.4 is 5.14 Å². The highest BCUT2D eigenvalue weighted by Gasteiger charge is 2.35. The molecule has 0 bridgehead atoms. The number of nitrogens with zero attached hydrogens (tertiary/aromatic N) is 2. The summed E-state index contributed by atoms with van der Waals surface area (Å²) in [4.78, 5) is 16.4. The van der Waals surface area contributed by atoms with Crippen LogP contribution >= 0.6 is 0 Å². The van der Waals surface area contributed by atoms with E-state index in [0.29, 0.717) is 54.2 Å². The van der Waals surface area contributed by atoms with Crippen molar-refractivity contribution in [1.82, 2.24) is 4.98 Å². The summed E-state index contributed by atoms with van der Waals surface area (Å²) in [5.41, 5.74) is 2.32. The lowest BCUT2D eigenvalue weighted by atomic mass is 9.85. The highest BCUT2D eigenvalue weighted by Crippen LogP contribution is 2.37. The Kier molecular flexibility index (Phi) is 8.90. The molecule has 2 heterocycles. The minimum Gasteiger partial charge on any atom is -0.437 e. The smallest absolute Gasteiger partial charge is 0.238 e. The summed E-state index contributed by atoms with van der Waals surface area (Å²) in [6.07, 6.45) is 1.21. The third-order valence-electron chi connectivity index (χ3n) is 7.27. The van der Waals surface area contributed by atoms with Gasteiger partial charge in [0.15, 0.2) is 11.8 Å². The third-order valence-corrected chi connectivity index (χ3v) is 8.20. The van der Waals surface area contributed by atoms with Gasteiger partial charge in [-0.2, -0.15) is 0 Å². The maximum Gasteiger partial charge on any atom is 0.238 e. The van der Waals surface area contributed by atoms with Crippen LogP contribution in [-0.4, -0.2) is 40.3 Å². The zero-order chi connectivity index (χ0) is 29.7. The number of sulfonamides is 1. The van der Waals surface area contributed by atoms with Gasteiger partial charge in [-0.25, -0.2) is 22.9 Å². The summed E-state index contributed by atoms with van der Waals surface area (Å²) in [6, 6.07) is 18.6. The van der Waals surface area contributed by atoms with Gasteiger partial charge in [0, 0.05) is 44.3 Å². The molecule has 1 aliphatic heterocycles. The van der Waals surface area contributed by atoms with Crippen LogP contribution in [0.4, 0.5) is 4.39 Å². The Bertz CT molecular complexity index is 1640. The quantitative estimate of drug-likeness (QED) is 0.225. The minimum atomic E-state index is -3.88. The van der Waals surface area contributed by atoms with E-state index in [9.17, 15) is 17.7 Å². The lowest BCUT2D eigenvalue weighted by Crippen LogP contribution is -2.35. The van der Waals surface area contributed by atoms with E-state index in [0.717, 1.165) is 5.56 Å². The molecule has 4 aromatic rings. The molecule has 0 spiro atoms. The van der Waals surface area contributed by atoms with Crippen LogP contribution in [0.2, 0.25) is 0 Å². The van der Waals surface area contributed by atoms with Gasteiger partial charge in [0.1, 0.15) is 11.5 Å². The Morgan fingerprint density at radius 1 is 1.05 bits per heavy atom. The van der Waals surface area contributed by atoms with Gasteiger partial charge < -0.3 is 18.6 Å². The molecule has 220 valence electrons. The van der Waals surface area contributed by atoms with E-state index in [-0.39, 0.29) is 24.0 Å². The Morgan fingerprint density at radius 3 is 2.40 bits per heavy atom. The van der Waals surface area contributed by atoms with E-state index in [4.69, 9.17) is 23.8 Å². The fourth-order valence-corrected chi connectivity index (χ4v) is 5.52. The van der Waals surface area contributed by atoms with Crippen LogP contribution in [0.15, 0.2) is 87.3 Å². The molecule has 0 amide bonds. The number of primary sulfonamides is 1. The van der Waals surface area contributed by atoms with Gasteiger partial charge in [0.25, 0.3) is 0 Å². The number of hydrogen-bond acceptors (Lipinski definition) is 9. The van der Waals surface area contributed by atoms with Crippen LogP contribution in [0, 0.1) is 10.7 Å². The van der Waals surface area contributed by atoms with Crippen LogP contribution in [0.1, 0.15) is 35.9 Å². The summed E-state index contributed by atoms with van der Waals surface area (Å²) in [5.74, 6) is -0.0749. The summed E-state index contributed by atoms with van der Waals surface area (Å²) in [5, 5.41) is 8.40. The molecule has 1 aromatic heterocycles. The molecular formula is C30H30FN3O7S. The topological polar surface area (TPSA) is 143 Å². The zero-order valence-corrected chi connectivity index (χ0v) is 23.7. The fraction of sp³-hybridized carbons (Fsp3) is 0.300. The number of methoxy groups -OCH3 is 1. The average molecular weight is 596 g/mol. The van der Waals surface area contributed by atoms with Crippen molar-refractivity contribution in [2.75, 3.05) is 26.9 Å². The van der Waals surface area contributed by atoms with Gasteiger partial charge in [0.2, 0.25) is 15.9 Å². The van der Waals surface area contributed by atoms with E-state index in [1.165, 1.54) is 24.3 Å². The van der Waals surface area contributed by atoms with Gasteiger partial charge >= 0.3 is 0 Å². The number of aromatic nitrogens is 1. The fourth-order valence-electron chi connectivity index (χ4n) is 5.01. The monoisotopic (exact) mass is 595 g/mol. The molecule has 0 radical (unpaired) electrons. The van der Waals surface area contributed by atoms with E-state index >= 15 is 0 Å². The summed E-state index contributed by atoms with van der Waals surface area (Å²) in [7, 11) is -2.27. The van der Waals surface area contributed by atoms with Crippen molar-refractivity contribution in [2.45, 2.75) is 36.0 Å². The van der Waals surface area contributed by atoms with Crippen molar-refractivity contribution in [2.24, 2.45) is 10.3 Å².